The van der Waals surface area contributed by atoms with E-state index in [-0.39, 0.29) is 30.9 Å². The van der Waals surface area contributed by atoms with E-state index in [4.69, 9.17) is 14.2 Å². The van der Waals surface area contributed by atoms with E-state index in [1.165, 1.54) is 26.2 Å². The second-order valence-corrected chi connectivity index (χ2v) is 7.15. The summed E-state index contributed by atoms with van der Waals surface area (Å²) < 4.78 is 16.1. The maximum atomic E-state index is 13.2. The van der Waals surface area contributed by atoms with E-state index < -0.39 is 17.7 Å². The van der Waals surface area contributed by atoms with Gasteiger partial charge in [0, 0.05) is 25.6 Å². The van der Waals surface area contributed by atoms with Gasteiger partial charge < -0.3 is 24.2 Å². The minimum Gasteiger partial charge on any atom is -0.503 e. The van der Waals surface area contributed by atoms with Crippen molar-refractivity contribution >= 4 is 11.7 Å². The number of carbonyl (C=O) groups excluding carboxylic acids is 2. The number of ketones is 1. The van der Waals surface area contributed by atoms with Gasteiger partial charge in [0.1, 0.15) is 0 Å². The number of hydrogen-bond acceptors (Lipinski definition) is 6. The highest BCUT2D eigenvalue weighted by molar-refractivity contribution is 6.09. The van der Waals surface area contributed by atoms with Gasteiger partial charge in [0.15, 0.2) is 23.0 Å². The first-order valence-corrected chi connectivity index (χ1v) is 10.0. The molecule has 0 aliphatic carbocycles. The van der Waals surface area contributed by atoms with Crippen LogP contribution in [0.3, 0.4) is 0 Å². The number of methoxy groups -OCH3 is 3. The molecule has 1 N–H and O–H groups in total. The maximum Gasteiger partial charge on any atom is 0.290 e. The van der Waals surface area contributed by atoms with Gasteiger partial charge in [-0.25, -0.2) is 0 Å². The van der Waals surface area contributed by atoms with Crippen molar-refractivity contribution in [2.24, 2.45) is 0 Å². The monoisotopic (exact) mass is 425 g/mol. The third kappa shape index (κ3) is 4.56. The Hall–Kier alpha value is -3.32. The molecular formula is C24H27NO6. The van der Waals surface area contributed by atoms with Crippen molar-refractivity contribution in [3.63, 3.8) is 0 Å². The predicted octanol–water partition coefficient (Wildman–Crippen LogP) is 3.25. The molecule has 1 atom stereocenters. The molecule has 0 radical (unpaired) electrons. The Morgan fingerprint density at radius 1 is 1.03 bits per heavy atom. The molecule has 1 unspecified atom stereocenters. The van der Waals surface area contributed by atoms with E-state index in [0.717, 1.165) is 5.56 Å². The number of rotatable bonds is 10. The van der Waals surface area contributed by atoms with Gasteiger partial charge in [-0.2, -0.15) is 0 Å². The van der Waals surface area contributed by atoms with Gasteiger partial charge in [0.05, 0.1) is 32.4 Å². The van der Waals surface area contributed by atoms with Crippen LogP contribution in [-0.2, 0) is 20.7 Å². The molecule has 0 spiro atoms. The van der Waals surface area contributed by atoms with Crippen molar-refractivity contribution < 1.29 is 28.9 Å². The van der Waals surface area contributed by atoms with Gasteiger partial charge in [0.2, 0.25) is 0 Å². The Balaban J connectivity index is 2.00. The van der Waals surface area contributed by atoms with Crippen LogP contribution < -0.4 is 9.47 Å². The van der Waals surface area contributed by atoms with Gasteiger partial charge in [0.25, 0.3) is 5.91 Å². The molecule has 7 nitrogen and oxygen atoms in total. The summed E-state index contributed by atoms with van der Waals surface area (Å²) in [6.45, 7) is 0.465. The van der Waals surface area contributed by atoms with Crippen LogP contribution in [0.5, 0.6) is 11.5 Å². The largest absolute Gasteiger partial charge is 0.503 e. The summed E-state index contributed by atoms with van der Waals surface area (Å²) in [6, 6.07) is 14.1. The fourth-order valence-electron chi connectivity index (χ4n) is 3.85. The van der Waals surface area contributed by atoms with E-state index in [2.05, 4.69) is 0 Å². The standard InChI is InChI=1S/C24H27NO6/c1-29-15-14-25-21(17-10-7-11-19(30-2)23(17)31-3)20(22(27)24(25)28)18(26)13-12-16-8-5-4-6-9-16/h4-11,21,27H,12-15H2,1-3H3. The molecule has 164 valence electrons. The number of Topliss-reactive ketones (excluding diaryl/α,β-unsaturated/α-hetero) is 1. The van der Waals surface area contributed by atoms with Crippen molar-refractivity contribution in [2.45, 2.75) is 18.9 Å². The van der Waals surface area contributed by atoms with Crippen molar-refractivity contribution in [3.05, 3.63) is 71.0 Å². The average Bonchev–Trinajstić information content (AvgIpc) is 3.05. The molecule has 1 aliphatic heterocycles. The number of aliphatic hydroxyl groups excluding tert-OH is 1. The second-order valence-electron chi connectivity index (χ2n) is 7.15. The molecule has 1 amide bonds. The van der Waals surface area contributed by atoms with Crippen LogP contribution in [0.1, 0.15) is 23.6 Å². The Morgan fingerprint density at radius 2 is 1.77 bits per heavy atom. The van der Waals surface area contributed by atoms with Crippen LogP contribution >= 0.6 is 0 Å². The number of carbonyl (C=O) groups is 2. The van der Waals surface area contributed by atoms with Crippen LogP contribution in [0.15, 0.2) is 59.9 Å². The molecule has 2 aromatic rings. The Labute approximate surface area is 181 Å². The van der Waals surface area contributed by atoms with Crippen LogP contribution in [0, 0.1) is 0 Å². The third-order valence-electron chi connectivity index (χ3n) is 5.35. The second kappa shape index (κ2) is 10.1. The number of nitrogens with zero attached hydrogens (tertiary/aromatic N) is 1. The molecule has 1 aliphatic rings. The molecular weight excluding hydrogens is 398 g/mol. The lowest BCUT2D eigenvalue weighted by atomic mass is 9.92. The first kappa shape index (κ1) is 22.4. The smallest absolute Gasteiger partial charge is 0.290 e. The number of amides is 1. The fourth-order valence-corrected chi connectivity index (χ4v) is 3.85. The van der Waals surface area contributed by atoms with Crippen molar-refractivity contribution in [3.8, 4) is 11.5 Å². The highest BCUT2D eigenvalue weighted by Crippen LogP contribution is 2.44. The molecule has 0 bridgehead atoms. The van der Waals surface area contributed by atoms with Gasteiger partial charge in [-0.15, -0.1) is 0 Å². The zero-order valence-corrected chi connectivity index (χ0v) is 18.0. The summed E-state index contributed by atoms with van der Waals surface area (Å²) in [7, 11) is 4.54. The van der Waals surface area contributed by atoms with E-state index in [0.29, 0.717) is 23.5 Å². The summed E-state index contributed by atoms with van der Waals surface area (Å²) in [6.07, 6.45) is 0.669. The van der Waals surface area contributed by atoms with Gasteiger partial charge in [-0.05, 0) is 18.1 Å². The van der Waals surface area contributed by atoms with Gasteiger partial charge in [-0.3, -0.25) is 9.59 Å². The first-order chi connectivity index (χ1) is 15.0. The van der Waals surface area contributed by atoms with Crippen LogP contribution in [0.2, 0.25) is 0 Å². The van der Waals surface area contributed by atoms with Gasteiger partial charge in [-0.1, -0.05) is 42.5 Å². The number of para-hydroxylation sites is 1. The summed E-state index contributed by atoms with van der Waals surface area (Å²) in [5.74, 6) is -0.529. The summed E-state index contributed by atoms with van der Waals surface area (Å²) in [4.78, 5) is 27.5. The van der Waals surface area contributed by atoms with E-state index in [9.17, 15) is 14.7 Å². The lowest BCUT2D eigenvalue weighted by Gasteiger charge is -2.28. The van der Waals surface area contributed by atoms with Crippen LogP contribution in [0.25, 0.3) is 0 Å². The minimum atomic E-state index is -0.795. The zero-order chi connectivity index (χ0) is 22.4. The Bertz CT molecular complexity index is 969. The Morgan fingerprint density at radius 3 is 2.42 bits per heavy atom. The number of aliphatic hydroxyl groups is 1. The Kier molecular flexibility index (Phi) is 7.31. The summed E-state index contributed by atoms with van der Waals surface area (Å²) in [5.41, 5.74) is 1.65. The average molecular weight is 425 g/mol. The van der Waals surface area contributed by atoms with E-state index >= 15 is 0 Å². The van der Waals surface area contributed by atoms with Crippen molar-refractivity contribution in [1.29, 1.82) is 0 Å². The lowest BCUT2D eigenvalue weighted by molar-refractivity contribution is -0.130. The highest BCUT2D eigenvalue weighted by Gasteiger charge is 2.44. The summed E-state index contributed by atoms with van der Waals surface area (Å²) in [5, 5.41) is 10.7. The number of benzene rings is 2. The molecule has 31 heavy (non-hydrogen) atoms. The fraction of sp³-hybridized carbons (Fsp3) is 0.333. The molecule has 0 aromatic heterocycles. The van der Waals surface area contributed by atoms with Gasteiger partial charge >= 0.3 is 0 Å². The number of aryl methyl sites for hydroxylation is 1. The first-order valence-electron chi connectivity index (χ1n) is 10.0. The molecule has 3 rings (SSSR count). The van der Waals surface area contributed by atoms with E-state index in [1.807, 2.05) is 30.3 Å². The van der Waals surface area contributed by atoms with Crippen LogP contribution in [0.4, 0.5) is 0 Å². The normalized spacial score (nSPS) is 16.0. The third-order valence-corrected chi connectivity index (χ3v) is 5.35. The van der Waals surface area contributed by atoms with E-state index in [1.54, 1.807) is 18.2 Å². The molecule has 1 heterocycles. The molecule has 0 saturated carbocycles. The topological polar surface area (TPSA) is 85.3 Å². The quantitative estimate of drug-likeness (QED) is 0.629. The minimum absolute atomic E-state index is 0.0728. The zero-order valence-electron chi connectivity index (χ0n) is 18.0. The van der Waals surface area contributed by atoms with Crippen molar-refractivity contribution in [1.82, 2.24) is 4.90 Å². The van der Waals surface area contributed by atoms with Crippen molar-refractivity contribution in [2.75, 3.05) is 34.5 Å². The molecule has 0 fully saturated rings. The number of ether oxygens (including phenoxy) is 3. The molecule has 0 saturated heterocycles. The lowest BCUT2D eigenvalue weighted by Crippen LogP contribution is -2.34. The SMILES string of the molecule is COCCN1C(=O)C(O)=C(C(=O)CCc2ccccc2)C1c1cccc(OC)c1OC. The summed E-state index contributed by atoms with van der Waals surface area (Å²) >= 11 is 0. The van der Waals surface area contributed by atoms with Crippen LogP contribution in [-0.4, -0.2) is 56.2 Å². The molecule has 7 heteroatoms. The number of hydrogen-bond donors (Lipinski definition) is 1. The molecule has 2 aromatic carbocycles. The maximum absolute atomic E-state index is 13.2. The predicted molar refractivity (Wildman–Crippen MR) is 115 cm³/mol. The highest BCUT2D eigenvalue weighted by atomic mass is 16.5.